The largest absolute Gasteiger partial charge is 0.375 e. The van der Waals surface area contributed by atoms with Crippen molar-refractivity contribution in [1.29, 1.82) is 0 Å². The molecule has 1 aliphatic rings. The third-order valence-electron chi connectivity index (χ3n) is 5.15. The molecule has 0 atom stereocenters. The van der Waals surface area contributed by atoms with Crippen LogP contribution in [-0.4, -0.2) is 38.8 Å². The van der Waals surface area contributed by atoms with Crippen molar-refractivity contribution in [1.82, 2.24) is 19.9 Å². The Hall–Kier alpha value is -3.00. The topological polar surface area (TPSA) is 105 Å². The van der Waals surface area contributed by atoms with Crippen LogP contribution in [-0.2, 0) is 5.41 Å². The summed E-state index contributed by atoms with van der Waals surface area (Å²) in [5, 5.41) is 2.54. The van der Waals surface area contributed by atoms with Crippen molar-refractivity contribution >= 4 is 22.4 Å². The number of H-pyrrole nitrogens is 1. The maximum Gasteiger partial charge on any atom is 0.279 e. The van der Waals surface area contributed by atoms with E-state index in [-0.39, 0.29) is 17.0 Å². The lowest BCUT2D eigenvalue weighted by Gasteiger charge is -2.41. The van der Waals surface area contributed by atoms with E-state index < -0.39 is 5.56 Å². The number of hydrogen-bond acceptors (Lipinski definition) is 6. The zero-order valence-corrected chi connectivity index (χ0v) is 15.4. The average molecular weight is 381 g/mol. The van der Waals surface area contributed by atoms with Gasteiger partial charge in [0.15, 0.2) is 10.8 Å². The number of hydrogen-bond donors (Lipinski definition) is 2. The van der Waals surface area contributed by atoms with Gasteiger partial charge in [-0.3, -0.25) is 9.59 Å². The highest BCUT2D eigenvalue weighted by atomic mass is 32.1. The Kier molecular flexibility index (Phi) is 4.49. The second-order valence-electron chi connectivity index (χ2n) is 6.58. The van der Waals surface area contributed by atoms with Crippen LogP contribution in [0, 0.1) is 0 Å². The normalized spacial score (nSPS) is 16.2. The van der Waals surface area contributed by atoms with E-state index in [1.807, 2.05) is 23.6 Å². The van der Waals surface area contributed by atoms with Gasteiger partial charge in [-0.25, -0.2) is 9.97 Å². The Balaban J connectivity index is 1.63. The smallest absolute Gasteiger partial charge is 0.279 e. The monoisotopic (exact) mass is 381 g/mol. The number of nitrogens with one attached hydrogen (secondary N) is 1. The van der Waals surface area contributed by atoms with Crippen LogP contribution < -0.4 is 11.3 Å². The first-order valence-electron chi connectivity index (χ1n) is 8.70. The molecule has 1 fully saturated rings. The van der Waals surface area contributed by atoms with Crippen molar-refractivity contribution in [3.63, 3.8) is 0 Å². The van der Waals surface area contributed by atoms with Crippen molar-refractivity contribution in [3.05, 3.63) is 75.4 Å². The fourth-order valence-corrected chi connectivity index (χ4v) is 4.36. The van der Waals surface area contributed by atoms with Crippen molar-refractivity contribution in [3.8, 4) is 0 Å². The maximum atomic E-state index is 12.7. The van der Waals surface area contributed by atoms with Crippen LogP contribution in [0.2, 0.25) is 0 Å². The molecule has 0 spiro atoms. The summed E-state index contributed by atoms with van der Waals surface area (Å²) in [7, 11) is 0. The van der Waals surface area contributed by atoms with Crippen molar-refractivity contribution in [2.24, 2.45) is 0 Å². The van der Waals surface area contributed by atoms with Gasteiger partial charge in [0.05, 0.1) is 5.69 Å². The van der Waals surface area contributed by atoms with E-state index >= 15 is 0 Å². The third-order valence-corrected chi connectivity index (χ3v) is 5.83. The van der Waals surface area contributed by atoms with Crippen molar-refractivity contribution in [2.75, 3.05) is 18.8 Å². The summed E-state index contributed by atoms with van der Waals surface area (Å²) in [5.41, 5.74) is 7.18. The average Bonchev–Trinajstić information content (AvgIpc) is 3.15. The molecule has 2 aromatic heterocycles. The van der Waals surface area contributed by atoms with Crippen molar-refractivity contribution < 1.29 is 4.79 Å². The van der Waals surface area contributed by atoms with Gasteiger partial charge >= 0.3 is 0 Å². The van der Waals surface area contributed by atoms with Gasteiger partial charge < -0.3 is 15.6 Å². The molecule has 1 saturated heterocycles. The van der Waals surface area contributed by atoms with E-state index in [1.165, 1.54) is 23.7 Å². The molecule has 1 aliphatic heterocycles. The fourth-order valence-electron chi connectivity index (χ4n) is 3.70. The van der Waals surface area contributed by atoms with Gasteiger partial charge in [-0.15, -0.1) is 11.3 Å². The van der Waals surface area contributed by atoms with E-state index in [2.05, 4.69) is 27.1 Å². The van der Waals surface area contributed by atoms with Crippen molar-refractivity contribution in [2.45, 2.75) is 18.3 Å². The number of carbonyl (C=O) groups excluding carboxylic acids is 1. The molecule has 0 radical (unpaired) electrons. The van der Waals surface area contributed by atoms with Crippen LogP contribution in [0.1, 0.15) is 34.6 Å². The lowest BCUT2D eigenvalue weighted by molar-refractivity contribution is 0.0676. The summed E-state index contributed by atoms with van der Waals surface area (Å²) in [6.07, 6.45) is 4.25. The molecule has 4 rings (SSSR count). The van der Waals surface area contributed by atoms with E-state index in [0.29, 0.717) is 31.1 Å². The minimum absolute atomic E-state index is 0.0670. The number of anilines is 1. The number of rotatable bonds is 3. The summed E-state index contributed by atoms with van der Waals surface area (Å²) in [5.74, 6) is -0.337. The number of amides is 1. The molecule has 8 heteroatoms. The Morgan fingerprint density at radius 2 is 1.96 bits per heavy atom. The summed E-state index contributed by atoms with van der Waals surface area (Å²) < 4.78 is 0. The molecule has 138 valence electrons. The lowest BCUT2D eigenvalue weighted by Crippen LogP contribution is -2.47. The molecule has 0 aliphatic carbocycles. The van der Waals surface area contributed by atoms with Gasteiger partial charge in [0.1, 0.15) is 0 Å². The minimum atomic E-state index is -0.463. The van der Waals surface area contributed by atoms with Gasteiger partial charge in [0, 0.05) is 36.3 Å². The highest BCUT2D eigenvalue weighted by Crippen LogP contribution is 2.42. The van der Waals surface area contributed by atoms with E-state index in [0.717, 1.165) is 11.3 Å². The molecule has 0 saturated carbocycles. The quantitative estimate of drug-likeness (QED) is 0.722. The number of carbonyl (C=O) groups is 1. The van der Waals surface area contributed by atoms with E-state index in [9.17, 15) is 9.59 Å². The van der Waals surface area contributed by atoms with Crippen LogP contribution >= 0.6 is 11.3 Å². The second-order valence-corrected chi connectivity index (χ2v) is 7.47. The standard InChI is InChI=1S/C19H19N5O2S/c20-18-23-14(12-27-18)19(13-4-2-1-3-5-13)6-10-24(11-7-19)17(26)15-16(25)22-9-8-21-15/h1-5,8-9,12H,6-7,10-11H2,(H2,20,23)(H,22,25). The zero-order valence-electron chi connectivity index (χ0n) is 14.6. The number of likely N-dealkylation sites (tertiary alicyclic amines) is 1. The van der Waals surface area contributed by atoms with E-state index in [4.69, 9.17) is 5.73 Å². The van der Waals surface area contributed by atoms with E-state index in [1.54, 1.807) is 4.90 Å². The Bertz CT molecular complexity index is 1010. The lowest BCUT2D eigenvalue weighted by atomic mass is 9.70. The van der Waals surface area contributed by atoms with Crippen LogP contribution in [0.25, 0.3) is 0 Å². The van der Waals surface area contributed by atoms with Gasteiger partial charge in [0.25, 0.3) is 11.5 Å². The first-order valence-corrected chi connectivity index (χ1v) is 9.58. The number of piperidine rings is 1. The predicted octanol–water partition coefficient (Wildman–Crippen LogP) is 2.03. The molecular weight excluding hydrogens is 362 g/mol. The third kappa shape index (κ3) is 3.12. The molecule has 7 nitrogen and oxygen atoms in total. The molecule has 27 heavy (non-hydrogen) atoms. The van der Waals surface area contributed by atoms with Crippen LogP contribution in [0.15, 0.2) is 52.9 Å². The Labute approximate surface area is 159 Å². The molecule has 3 aromatic rings. The maximum absolute atomic E-state index is 12.7. The number of nitrogens with two attached hydrogens (primary N) is 1. The first kappa shape index (κ1) is 17.4. The number of benzene rings is 1. The van der Waals surface area contributed by atoms with Gasteiger partial charge in [-0.1, -0.05) is 30.3 Å². The molecule has 0 bridgehead atoms. The SMILES string of the molecule is Nc1nc(C2(c3ccccc3)CCN(C(=O)c3ncc[nH]c3=O)CC2)cs1. The number of nitrogen functional groups attached to an aromatic ring is 1. The summed E-state index contributed by atoms with van der Waals surface area (Å²) in [6.45, 7) is 1.03. The number of nitrogens with zero attached hydrogens (tertiary/aromatic N) is 3. The molecule has 1 amide bonds. The van der Waals surface area contributed by atoms with Gasteiger partial charge in [0.2, 0.25) is 0 Å². The first-order chi connectivity index (χ1) is 13.1. The number of aromatic amines is 1. The van der Waals surface area contributed by atoms with Gasteiger partial charge in [-0.2, -0.15) is 0 Å². The Morgan fingerprint density at radius 3 is 2.59 bits per heavy atom. The fraction of sp³-hybridized carbons (Fsp3) is 0.263. The summed E-state index contributed by atoms with van der Waals surface area (Å²) in [4.78, 5) is 37.3. The molecule has 0 unspecified atom stereocenters. The van der Waals surface area contributed by atoms with Crippen LogP contribution in [0.5, 0.6) is 0 Å². The summed E-state index contributed by atoms with van der Waals surface area (Å²) >= 11 is 1.43. The van der Waals surface area contributed by atoms with Crippen LogP contribution in [0.4, 0.5) is 5.13 Å². The molecular formula is C19H19N5O2S. The Morgan fingerprint density at radius 1 is 1.22 bits per heavy atom. The second kappa shape index (κ2) is 6.96. The summed E-state index contributed by atoms with van der Waals surface area (Å²) in [6, 6.07) is 10.2. The predicted molar refractivity (Wildman–Crippen MR) is 104 cm³/mol. The number of thiazole rings is 1. The minimum Gasteiger partial charge on any atom is -0.375 e. The van der Waals surface area contributed by atoms with Gasteiger partial charge in [-0.05, 0) is 18.4 Å². The highest BCUT2D eigenvalue weighted by molar-refractivity contribution is 7.13. The molecule has 3 heterocycles. The zero-order chi connectivity index (χ0) is 18.9. The highest BCUT2D eigenvalue weighted by Gasteiger charge is 2.41. The molecule has 3 N–H and O–H groups in total. The van der Waals surface area contributed by atoms with Crippen LogP contribution in [0.3, 0.4) is 0 Å². The number of aromatic nitrogens is 3. The molecule has 1 aromatic carbocycles.